The zero-order chi connectivity index (χ0) is 27.2. The Labute approximate surface area is 215 Å². The van der Waals surface area contributed by atoms with Gasteiger partial charge in [0, 0.05) is 12.1 Å². The van der Waals surface area contributed by atoms with Crippen LogP contribution in [0.25, 0.3) is 0 Å². The molecule has 3 aromatic carbocycles. The fourth-order valence-corrected chi connectivity index (χ4v) is 4.99. The molecule has 0 heterocycles. The van der Waals surface area contributed by atoms with Gasteiger partial charge in [-0.1, -0.05) is 29.8 Å². The van der Waals surface area contributed by atoms with Crippen LogP contribution in [0.5, 0.6) is 17.2 Å². The predicted octanol–water partition coefficient (Wildman–Crippen LogP) is 3.64. The molecule has 0 fully saturated rings. The van der Waals surface area contributed by atoms with Gasteiger partial charge in [0.1, 0.15) is 12.3 Å². The molecule has 1 amide bonds. The van der Waals surface area contributed by atoms with Gasteiger partial charge in [0.05, 0.1) is 50.3 Å². The van der Waals surface area contributed by atoms with Crippen molar-refractivity contribution in [2.24, 2.45) is 0 Å². The standard InChI is InChI=1S/C26H28N2O8S/c1-17-10-12-18(13-11-17)37(31,32)28(21-8-6-7-9-22(21)33-2)16-25(29)27-20-15-24(35-4)23(34-3)14-19(20)26(30)36-5/h6-15H,16H2,1-5H3,(H,27,29). The molecule has 0 aromatic heterocycles. The second kappa shape index (κ2) is 11.7. The largest absolute Gasteiger partial charge is 0.495 e. The summed E-state index contributed by atoms with van der Waals surface area (Å²) in [7, 11) is 1.21. The molecule has 196 valence electrons. The highest BCUT2D eigenvalue weighted by Gasteiger charge is 2.30. The van der Waals surface area contributed by atoms with Gasteiger partial charge in [-0.05, 0) is 31.2 Å². The lowest BCUT2D eigenvalue weighted by Gasteiger charge is -2.26. The highest BCUT2D eigenvalue weighted by atomic mass is 32.2. The number of aryl methyl sites for hydroxylation is 1. The lowest BCUT2D eigenvalue weighted by atomic mass is 10.1. The molecular weight excluding hydrogens is 500 g/mol. The third-order valence-corrected chi connectivity index (χ3v) is 7.23. The number of nitrogens with zero attached hydrogens (tertiary/aromatic N) is 1. The molecule has 0 atom stereocenters. The van der Waals surface area contributed by atoms with E-state index in [9.17, 15) is 18.0 Å². The van der Waals surface area contributed by atoms with Crippen LogP contribution >= 0.6 is 0 Å². The molecule has 10 nitrogen and oxygen atoms in total. The molecule has 37 heavy (non-hydrogen) atoms. The van der Waals surface area contributed by atoms with Crippen LogP contribution in [0.4, 0.5) is 11.4 Å². The molecule has 0 aliphatic carbocycles. The molecule has 0 aliphatic heterocycles. The Balaban J connectivity index is 2.05. The van der Waals surface area contributed by atoms with Crippen molar-refractivity contribution in [3.63, 3.8) is 0 Å². The summed E-state index contributed by atoms with van der Waals surface area (Å²) in [5, 5.41) is 2.60. The molecule has 0 aliphatic rings. The first-order valence-electron chi connectivity index (χ1n) is 11.0. The molecule has 0 saturated heterocycles. The fourth-order valence-electron chi connectivity index (χ4n) is 3.55. The number of carbonyl (C=O) groups is 2. The first-order valence-corrected chi connectivity index (χ1v) is 12.5. The third kappa shape index (κ3) is 5.95. The van der Waals surface area contributed by atoms with E-state index in [0.29, 0.717) is 0 Å². The molecule has 1 N–H and O–H groups in total. The minimum absolute atomic E-state index is 0.00117. The Morgan fingerprint density at radius 1 is 0.838 bits per heavy atom. The number of esters is 1. The van der Waals surface area contributed by atoms with Crippen molar-refractivity contribution >= 4 is 33.3 Å². The number of ether oxygens (including phenoxy) is 4. The normalized spacial score (nSPS) is 10.8. The Bertz CT molecular complexity index is 1390. The summed E-state index contributed by atoms with van der Waals surface area (Å²) in [4.78, 5) is 25.7. The van der Waals surface area contributed by atoms with Gasteiger partial charge in [-0.25, -0.2) is 13.2 Å². The lowest BCUT2D eigenvalue weighted by Crippen LogP contribution is -2.38. The third-order valence-electron chi connectivity index (χ3n) is 5.45. The van der Waals surface area contributed by atoms with Gasteiger partial charge in [-0.15, -0.1) is 0 Å². The van der Waals surface area contributed by atoms with Gasteiger partial charge in [-0.3, -0.25) is 9.10 Å². The molecule has 0 spiro atoms. The first kappa shape index (κ1) is 27.3. The van der Waals surface area contributed by atoms with Crippen LogP contribution in [0.3, 0.4) is 0 Å². The molecule has 0 radical (unpaired) electrons. The Morgan fingerprint density at radius 3 is 2.03 bits per heavy atom. The monoisotopic (exact) mass is 528 g/mol. The lowest BCUT2D eigenvalue weighted by molar-refractivity contribution is -0.114. The molecule has 3 rings (SSSR count). The highest BCUT2D eigenvalue weighted by molar-refractivity contribution is 7.92. The Morgan fingerprint density at radius 2 is 1.43 bits per heavy atom. The number of sulfonamides is 1. The Hall–Kier alpha value is -4.25. The summed E-state index contributed by atoms with van der Waals surface area (Å²) in [5.41, 5.74) is 1.10. The number of hydrogen-bond donors (Lipinski definition) is 1. The fraction of sp³-hybridized carbons (Fsp3) is 0.231. The van der Waals surface area contributed by atoms with Crippen LogP contribution in [-0.4, -0.2) is 55.3 Å². The Kier molecular flexibility index (Phi) is 8.61. The SMILES string of the molecule is COC(=O)c1cc(OC)c(OC)cc1NC(=O)CN(c1ccccc1OC)S(=O)(=O)c1ccc(C)cc1. The van der Waals surface area contributed by atoms with Gasteiger partial charge >= 0.3 is 5.97 Å². The van der Waals surface area contributed by atoms with E-state index >= 15 is 0 Å². The number of anilines is 2. The summed E-state index contributed by atoms with van der Waals surface area (Å²) < 4.78 is 49.0. The topological polar surface area (TPSA) is 120 Å². The van der Waals surface area contributed by atoms with E-state index in [4.69, 9.17) is 18.9 Å². The maximum absolute atomic E-state index is 13.7. The number of nitrogens with one attached hydrogen (secondary N) is 1. The quantitative estimate of drug-likeness (QED) is 0.396. The van der Waals surface area contributed by atoms with Crippen molar-refractivity contribution < 1.29 is 37.0 Å². The number of para-hydroxylation sites is 2. The smallest absolute Gasteiger partial charge is 0.340 e. The molecule has 11 heteroatoms. The van der Waals surface area contributed by atoms with Crippen LogP contribution in [0, 0.1) is 6.92 Å². The second-order valence-electron chi connectivity index (χ2n) is 7.79. The van der Waals surface area contributed by atoms with E-state index in [1.54, 1.807) is 30.3 Å². The van der Waals surface area contributed by atoms with Gasteiger partial charge in [0.2, 0.25) is 5.91 Å². The minimum Gasteiger partial charge on any atom is -0.495 e. The first-order chi connectivity index (χ1) is 17.7. The molecule has 0 saturated carbocycles. The van der Waals surface area contributed by atoms with E-state index in [1.807, 2.05) is 6.92 Å². The summed E-state index contributed by atoms with van der Waals surface area (Å²) in [6.45, 7) is 1.22. The van der Waals surface area contributed by atoms with E-state index in [1.165, 1.54) is 58.8 Å². The summed E-state index contributed by atoms with van der Waals surface area (Å²) >= 11 is 0. The zero-order valence-electron chi connectivity index (χ0n) is 21.1. The van der Waals surface area contributed by atoms with E-state index in [-0.39, 0.29) is 39.1 Å². The summed E-state index contributed by atoms with van der Waals surface area (Å²) in [5.74, 6) is -0.700. The van der Waals surface area contributed by atoms with Crippen molar-refractivity contribution in [3.8, 4) is 17.2 Å². The molecular formula is C26H28N2O8S. The molecule has 3 aromatic rings. The van der Waals surface area contributed by atoms with Gasteiger partial charge in [0.25, 0.3) is 10.0 Å². The molecule has 0 unspecified atom stereocenters. The minimum atomic E-state index is -4.19. The summed E-state index contributed by atoms with van der Waals surface area (Å²) in [6, 6.07) is 15.5. The number of benzene rings is 3. The number of carbonyl (C=O) groups excluding carboxylic acids is 2. The van der Waals surface area contributed by atoms with Crippen molar-refractivity contribution in [2.45, 2.75) is 11.8 Å². The van der Waals surface area contributed by atoms with E-state index < -0.39 is 28.4 Å². The zero-order valence-corrected chi connectivity index (χ0v) is 21.9. The van der Waals surface area contributed by atoms with Crippen LogP contribution in [0.1, 0.15) is 15.9 Å². The second-order valence-corrected chi connectivity index (χ2v) is 9.65. The van der Waals surface area contributed by atoms with Crippen molar-refractivity contribution in [1.29, 1.82) is 0 Å². The molecule has 0 bridgehead atoms. The number of rotatable bonds is 10. The van der Waals surface area contributed by atoms with Crippen LogP contribution in [-0.2, 0) is 19.6 Å². The van der Waals surface area contributed by atoms with Crippen LogP contribution in [0.2, 0.25) is 0 Å². The van der Waals surface area contributed by atoms with Gasteiger partial charge < -0.3 is 24.3 Å². The number of hydrogen-bond acceptors (Lipinski definition) is 8. The van der Waals surface area contributed by atoms with Gasteiger partial charge in [-0.2, -0.15) is 0 Å². The van der Waals surface area contributed by atoms with Crippen LogP contribution < -0.4 is 23.8 Å². The van der Waals surface area contributed by atoms with E-state index in [2.05, 4.69) is 5.32 Å². The van der Waals surface area contributed by atoms with Crippen molar-refractivity contribution in [3.05, 3.63) is 71.8 Å². The number of methoxy groups -OCH3 is 4. The summed E-state index contributed by atoms with van der Waals surface area (Å²) in [6.07, 6.45) is 0. The maximum Gasteiger partial charge on any atom is 0.340 e. The predicted molar refractivity (Wildman–Crippen MR) is 138 cm³/mol. The average molecular weight is 529 g/mol. The van der Waals surface area contributed by atoms with Gasteiger partial charge in [0.15, 0.2) is 11.5 Å². The van der Waals surface area contributed by atoms with Crippen LogP contribution in [0.15, 0.2) is 65.6 Å². The van der Waals surface area contributed by atoms with Crippen molar-refractivity contribution in [2.75, 3.05) is 44.6 Å². The maximum atomic E-state index is 13.7. The highest BCUT2D eigenvalue weighted by Crippen LogP contribution is 2.35. The average Bonchev–Trinajstić information content (AvgIpc) is 2.91. The number of amides is 1. The van der Waals surface area contributed by atoms with E-state index in [0.717, 1.165) is 9.87 Å². The van der Waals surface area contributed by atoms with Crippen molar-refractivity contribution in [1.82, 2.24) is 0 Å².